The Morgan fingerprint density at radius 3 is 2.32 bits per heavy atom. The Hall–Kier alpha value is -0.830. The zero-order valence-corrected chi connectivity index (χ0v) is 13.3. The molecule has 0 bridgehead atoms. The average molecular weight is 263 g/mol. The molecule has 1 aromatic heterocycles. The Morgan fingerprint density at radius 2 is 1.95 bits per heavy atom. The van der Waals surface area contributed by atoms with Crippen molar-refractivity contribution < 1.29 is 0 Å². The maximum absolute atomic E-state index is 6.32. The van der Waals surface area contributed by atoms with Crippen LogP contribution in [-0.2, 0) is 5.54 Å². The van der Waals surface area contributed by atoms with Crippen molar-refractivity contribution in [2.24, 2.45) is 11.1 Å². The number of nitrogens with zero attached hydrogens (tertiary/aromatic N) is 2. The van der Waals surface area contributed by atoms with Gasteiger partial charge in [0.25, 0.3) is 0 Å². The third-order valence-corrected chi connectivity index (χ3v) is 5.24. The second kappa shape index (κ2) is 4.62. The van der Waals surface area contributed by atoms with E-state index in [9.17, 15) is 0 Å². The summed E-state index contributed by atoms with van der Waals surface area (Å²) in [5, 5.41) is 4.72. The minimum absolute atomic E-state index is 0.0516. The lowest BCUT2D eigenvalue weighted by molar-refractivity contribution is 0.0433. The molecule has 19 heavy (non-hydrogen) atoms. The molecule has 2 N–H and O–H groups in total. The van der Waals surface area contributed by atoms with E-state index in [4.69, 9.17) is 10.8 Å². The molecular weight excluding hydrogens is 234 g/mol. The molecule has 0 saturated heterocycles. The van der Waals surface area contributed by atoms with Gasteiger partial charge >= 0.3 is 0 Å². The van der Waals surface area contributed by atoms with E-state index >= 15 is 0 Å². The number of aryl methyl sites for hydroxylation is 1. The van der Waals surface area contributed by atoms with E-state index in [1.165, 1.54) is 11.3 Å². The lowest BCUT2D eigenvalue weighted by atomic mass is 9.52. The number of hydrogen-bond donors (Lipinski definition) is 1. The Labute approximate surface area is 117 Å². The molecule has 2 atom stereocenters. The maximum atomic E-state index is 6.32. The molecule has 3 heteroatoms. The fourth-order valence-electron chi connectivity index (χ4n) is 3.68. The van der Waals surface area contributed by atoms with Crippen LogP contribution in [0.15, 0.2) is 6.20 Å². The molecule has 1 heterocycles. The van der Waals surface area contributed by atoms with E-state index in [1.54, 1.807) is 0 Å². The summed E-state index contributed by atoms with van der Waals surface area (Å²) in [7, 11) is 0. The van der Waals surface area contributed by atoms with E-state index in [1.807, 2.05) is 0 Å². The van der Waals surface area contributed by atoms with Gasteiger partial charge in [0, 0.05) is 12.2 Å². The SMILES string of the molecule is CCC1(CC)C(N)CC1c1cn(C(C)(C)C)nc1C. The summed E-state index contributed by atoms with van der Waals surface area (Å²) in [6, 6.07) is 0.352. The first-order valence-corrected chi connectivity index (χ1v) is 7.58. The molecule has 1 aromatic rings. The highest BCUT2D eigenvalue weighted by Gasteiger charge is 2.52. The van der Waals surface area contributed by atoms with E-state index in [0.29, 0.717) is 12.0 Å². The number of aromatic nitrogens is 2. The summed E-state index contributed by atoms with van der Waals surface area (Å²) in [5.41, 5.74) is 9.26. The van der Waals surface area contributed by atoms with Crippen molar-refractivity contribution in [1.82, 2.24) is 9.78 Å². The highest BCUT2D eigenvalue weighted by atomic mass is 15.3. The van der Waals surface area contributed by atoms with Gasteiger partial charge in [-0.1, -0.05) is 13.8 Å². The zero-order valence-electron chi connectivity index (χ0n) is 13.3. The predicted molar refractivity (Wildman–Crippen MR) is 80.3 cm³/mol. The van der Waals surface area contributed by atoms with Crippen LogP contribution in [0.2, 0.25) is 0 Å². The van der Waals surface area contributed by atoms with E-state index in [-0.39, 0.29) is 11.0 Å². The Bertz CT molecular complexity index is 449. The van der Waals surface area contributed by atoms with Gasteiger partial charge < -0.3 is 5.73 Å². The normalized spacial score (nSPS) is 26.3. The molecule has 0 amide bonds. The second-order valence-corrected chi connectivity index (χ2v) is 7.12. The first-order chi connectivity index (χ1) is 8.76. The van der Waals surface area contributed by atoms with Crippen molar-refractivity contribution in [1.29, 1.82) is 0 Å². The topological polar surface area (TPSA) is 43.8 Å². The second-order valence-electron chi connectivity index (χ2n) is 7.12. The summed E-state index contributed by atoms with van der Waals surface area (Å²) in [4.78, 5) is 0. The minimum Gasteiger partial charge on any atom is -0.327 e. The molecule has 0 radical (unpaired) electrons. The van der Waals surface area contributed by atoms with E-state index in [2.05, 4.69) is 52.4 Å². The largest absolute Gasteiger partial charge is 0.327 e. The highest BCUT2D eigenvalue weighted by molar-refractivity contribution is 5.30. The highest BCUT2D eigenvalue weighted by Crippen LogP contribution is 2.56. The fraction of sp³-hybridized carbons (Fsp3) is 0.812. The summed E-state index contributed by atoms with van der Waals surface area (Å²) >= 11 is 0. The molecular formula is C16H29N3. The monoisotopic (exact) mass is 263 g/mol. The van der Waals surface area contributed by atoms with Crippen LogP contribution in [0.1, 0.15) is 71.1 Å². The van der Waals surface area contributed by atoms with Crippen LogP contribution in [0.4, 0.5) is 0 Å². The van der Waals surface area contributed by atoms with Crippen LogP contribution in [0.25, 0.3) is 0 Å². The van der Waals surface area contributed by atoms with Crippen LogP contribution in [0, 0.1) is 12.3 Å². The van der Waals surface area contributed by atoms with Crippen LogP contribution < -0.4 is 5.73 Å². The number of nitrogens with two attached hydrogens (primary N) is 1. The lowest BCUT2D eigenvalue weighted by Gasteiger charge is -2.54. The Morgan fingerprint density at radius 1 is 1.37 bits per heavy atom. The molecule has 108 valence electrons. The van der Waals surface area contributed by atoms with E-state index < -0.39 is 0 Å². The molecule has 2 unspecified atom stereocenters. The van der Waals surface area contributed by atoms with Gasteiger partial charge in [0.2, 0.25) is 0 Å². The van der Waals surface area contributed by atoms with Gasteiger partial charge in [-0.25, -0.2) is 0 Å². The summed E-state index contributed by atoms with van der Waals surface area (Å²) < 4.78 is 2.11. The van der Waals surface area contributed by atoms with Gasteiger partial charge in [-0.2, -0.15) is 5.10 Å². The quantitative estimate of drug-likeness (QED) is 0.906. The van der Waals surface area contributed by atoms with Crippen molar-refractivity contribution in [3.63, 3.8) is 0 Å². The van der Waals surface area contributed by atoms with Crippen molar-refractivity contribution >= 4 is 0 Å². The van der Waals surface area contributed by atoms with Gasteiger partial charge in [-0.3, -0.25) is 4.68 Å². The predicted octanol–water partition coefficient (Wildman–Crippen LogP) is 3.57. The first-order valence-electron chi connectivity index (χ1n) is 7.58. The smallest absolute Gasteiger partial charge is 0.0628 e. The molecule has 3 nitrogen and oxygen atoms in total. The molecule has 1 aliphatic rings. The van der Waals surface area contributed by atoms with Gasteiger partial charge in [0.1, 0.15) is 0 Å². The molecule has 0 aromatic carbocycles. The summed E-state index contributed by atoms with van der Waals surface area (Å²) in [6.45, 7) is 13.3. The number of hydrogen-bond acceptors (Lipinski definition) is 2. The first kappa shape index (κ1) is 14.6. The van der Waals surface area contributed by atoms with Crippen molar-refractivity contribution in [2.45, 2.75) is 78.3 Å². The maximum Gasteiger partial charge on any atom is 0.0628 e. The van der Waals surface area contributed by atoms with Crippen LogP contribution in [0.3, 0.4) is 0 Å². The molecule has 1 saturated carbocycles. The molecule has 1 fully saturated rings. The van der Waals surface area contributed by atoms with Crippen LogP contribution in [-0.4, -0.2) is 15.8 Å². The van der Waals surface area contributed by atoms with Crippen molar-refractivity contribution in [3.8, 4) is 0 Å². The zero-order chi connectivity index (χ0) is 14.4. The summed E-state index contributed by atoms with van der Waals surface area (Å²) in [6.07, 6.45) is 5.69. The molecule has 0 aliphatic heterocycles. The molecule has 1 aliphatic carbocycles. The molecule has 0 spiro atoms. The number of rotatable bonds is 3. The van der Waals surface area contributed by atoms with Gasteiger partial charge in [-0.15, -0.1) is 0 Å². The summed E-state index contributed by atoms with van der Waals surface area (Å²) in [5.74, 6) is 0.591. The lowest BCUT2D eigenvalue weighted by Crippen LogP contribution is -2.55. The Balaban J connectivity index is 2.36. The van der Waals surface area contributed by atoms with Gasteiger partial charge in [0.05, 0.1) is 11.2 Å². The standard InChI is InChI=1S/C16H29N3/c1-7-16(8-2)13(9-14(16)17)12-10-19(15(4,5)6)18-11(12)3/h10,13-14H,7-9,17H2,1-6H3. The van der Waals surface area contributed by atoms with Gasteiger partial charge in [0.15, 0.2) is 0 Å². The minimum atomic E-state index is 0.0516. The molecule has 2 rings (SSSR count). The average Bonchev–Trinajstić information content (AvgIpc) is 2.69. The van der Waals surface area contributed by atoms with Crippen LogP contribution in [0.5, 0.6) is 0 Å². The van der Waals surface area contributed by atoms with Crippen molar-refractivity contribution in [3.05, 3.63) is 17.5 Å². The Kier molecular flexibility index (Phi) is 3.54. The van der Waals surface area contributed by atoms with Gasteiger partial charge in [-0.05, 0) is 63.9 Å². The van der Waals surface area contributed by atoms with Crippen LogP contribution >= 0.6 is 0 Å². The van der Waals surface area contributed by atoms with E-state index in [0.717, 1.165) is 19.3 Å². The third-order valence-electron chi connectivity index (χ3n) is 5.24. The van der Waals surface area contributed by atoms with Crippen molar-refractivity contribution in [2.75, 3.05) is 0 Å². The third kappa shape index (κ3) is 2.12. The fourth-order valence-corrected chi connectivity index (χ4v) is 3.68.